The van der Waals surface area contributed by atoms with Gasteiger partial charge in [-0.2, -0.15) is 0 Å². The molecule has 1 heterocycles. The highest BCUT2D eigenvalue weighted by molar-refractivity contribution is 5.80. The van der Waals surface area contributed by atoms with Crippen molar-refractivity contribution in [2.45, 2.75) is 25.3 Å². The summed E-state index contributed by atoms with van der Waals surface area (Å²) in [5.74, 6) is -0.389. The van der Waals surface area contributed by atoms with Crippen LogP contribution in [0.2, 0.25) is 0 Å². The second-order valence-corrected chi connectivity index (χ2v) is 3.07. The Morgan fingerprint density at radius 1 is 1.67 bits per heavy atom. The van der Waals surface area contributed by atoms with Gasteiger partial charge in [-0.25, -0.2) is 9.80 Å². The van der Waals surface area contributed by atoms with Crippen molar-refractivity contribution in [3.63, 3.8) is 0 Å². The summed E-state index contributed by atoms with van der Waals surface area (Å²) in [6.45, 7) is 2.21. The minimum atomic E-state index is -0.837. The fraction of sp³-hybridized carbons (Fsp3) is 0.857. The van der Waals surface area contributed by atoms with Crippen LogP contribution in [0.3, 0.4) is 0 Å². The maximum absolute atomic E-state index is 11.2. The first kappa shape index (κ1) is 8.96. The van der Waals surface area contributed by atoms with E-state index >= 15 is 0 Å². The molecule has 1 aliphatic heterocycles. The standard InChI is InChI=1S/C7H12N2O3/c1-7(6(10)12-2)4-3-5-9(7)8-11/h3-5H2,1-2H3/t7-/m0/s1. The molecule has 1 atom stereocenters. The first-order valence-electron chi connectivity index (χ1n) is 3.84. The van der Waals surface area contributed by atoms with Crippen LogP contribution in [0.5, 0.6) is 0 Å². The summed E-state index contributed by atoms with van der Waals surface area (Å²) in [6.07, 6.45) is 1.43. The molecule has 0 amide bonds. The van der Waals surface area contributed by atoms with Gasteiger partial charge in [0.15, 0.2) is 5.54 Å². The normalized spacial score (nSPS) is 28.7. The van der Waals surface area contributed by atoms with Crippen molar-refractivity contribution in [2.24, 2.45) is 5.29 Å². The summed E-state index contributed by atoms with van der Waals surface area (Å²) in [7, 11) is 1.31. The first-order chi connectivity index (χ1) is 5.65. The molecule has 0 unspecified atom stereocenters. The minimum Gasteiger partial charge on any atom is -0.467 e. The third kappa shape index (κ3) is 1.15. The number of esters is 1. The van der Waals surface area contributed by atoms with E-state index in [9.17, 15) is 9.70 Å². The highest BCUT2D eigenvalue weighted by Crippen LogP contribution is 2.29. The predicted octanol–water partition coefficient (Wildman–Crippen LogP) is 0.695. The van der Waals surface area contributed by atoms with Gasteiger partial charge in [0.2, 0.25) is 0 Å². The lowest BCUT2D eigenvalue weighted by molar-refractivity contribution is -0.152. The Kier molecular flexibility index (Phi) is 2.30. The molecule has 0 saturated carbocycles. The van der Waals surface area contributed by atoms with Crippen LogP contribution in [0.25, 0.3) is 0 Å². The first-order valence-corrected chi connectivity index (χ1v) is 3.84. The maximum Gasteiger partial charge on any atom is 0.333 e. The Labute approximate surface area is 70.6 Å². The number of carbonyl (C=O) groups excluding carboxylic acids is 1. The number of hydrogen-bond donors (Lipinski definition) is 0. The summed E-state index contributed by atoms with van der Waals surface area (Å²) < 4.78 is 4.59. The fourth-order valence-electron chi connectivity index (χ4n) is 1.51. The summed E-state index contributed by atoms with van der Waals surface area (Å²) in [6, 6.07) is 0. The van der Waals surface area contributed by atoms with Gasteiger partial charge in [-0.3, -0.25) is 0 Å². The lowest BCUT2D eigenvalue weighted by Crippen LogP contribution is -2.45. The zero-order valence-corrected chi connectivity index (χ0v) is 7.24. The van der Waals surface area contributed by atoms with Gasteiger partial charge in [-0.1, -0.05) is 0 Å². The smallest absolute Gasteiger partial charge is 0.333 e. The number of rotatable bonds is 2. The lowest BCUT2D eigenvalue weighted by atomic mass is 10.0. The molecule has 68 valence electrons. The third-order valence-corrected chi connectivity index (χ3v) is 2.33. The largest absolute Gasteiger partial charge is 0.467 e. The van der Waals surface area contributed by atoms with Crippen molar-refractivity contribution in [3.05, 3.63) is 4.91 Å². The molecule has 1 aliphatic rings. The van der Waals surface area contributed by atoms with Crippen molar-refractivity contribution < 1.29 is 9.53 Å². The molecule has 5 heteroatoms. The minimum absolute atomic E-state index is 0.389. The molecule has 0 radical (unpaired) electrons. The van der Waals surface area contributed by atoms with Gasteiger partial charge in [-0.15, -0.1) is 4.91 Å². The van der Waals surface area contributed by atoms with E-state index in [4.69, 9.17) is 0 Å². The maximum atomic E-state index is 11.2. The van der Waals surface area contributed by atoms with Crippen LogP contribution in [0.15, 0.2) is 5.29 Å². The molecule has 0 bridgehead atoms. The lowest BCUT2D eigenvalue weighted by Gasteiger charge is -2.26. The van der Waals surface area contributed by atoms with Crippen molar-refractivity contribution >= 4 is 5.97 Å². The van der Waals surface area contributed by atoms with Crippen LogP contribution < -0.4 is 0 Å². The molecule has 5 nitrogen and oxygen atoms in total. The Morgan fingerprint density at radius 3 is 2.83 bits per heavy atom. The molecule has 0 aromatic rings. The number of ether oxygens (including phenoxy) is 1. The Morgan fingerprint density at radius 2 is 2.33 bits per heavy atom. The van der Waals surface area contributed by atoms with E-state index < -0.39 is 5.54 Å². The number of hydrogen-bond acceptors (Lipinski definition) is 4. The number of carbonyl (C=O) groups is 1. The highest BCUT2D eigenvalue weighted by Gasteiger charge is 2.45. The topological polar surface area (TPSA) is 59.0 Å². The fourth-order valence-corrected chi connectivity index (χ4v) is 1.51. The second kappa shape index (κ2) is 3.08. The van der Waals surface area contributed by atoms with E-state index in [-0.39, 0.29) is 5.97 Å². The summed E-state index contributed by atoms with van der Waals surface area (Å²) >= 11 is 0. The van der Waals surface area contributed by atoms with E-state index in [2.05, 4.69) is 10.0 Å². The molecule has 0 aromatic carbocycles. The van der Waals surface area contributed by atoms with Gasteiger partial charge in [0.1, 0.15) is 0 Å². The summed E-state index contributed by atoms with van der Waals surface area (Å²) in [5, 5.41) is 4.04. The molecule has 12 heavy (non-hydrogen) atoms. The Bertz CT molecular complexity index is 207. The predicted molar refractivity (Wildman–Crippen MR) is 42.2 cm³/mol. The second-order valence-electron chi connectivity index (χ2n) is 3.07. The van der Waals surface area contributed by atoms with Crippen LogP contribution in [-0.2, 0) is 9.53 Å². The van der Waals surface area contributed by atoms with Gasteiger partial charge in [0.25, 0.3) is 0 Å². The van der Waals surface area contributed by atoms with E-state index in [0.717, 1.165) is 6.42 Å². The molecular weight excluding hydrogens is 160 g/mol. The van der Waals surface area contributed by atoms with Crippen LogP contribution in [0, 0.1) is 4.91 Å². The van der Waals surface area contributed by atoms with E-state index in [1.54, 1.807) is 6.92 Å². The molecule has 0 N–H and O–H groups in total. The average molecular weight is 172 g/mol. The van der Waals surface area contributed by atoms with Crippen LogP contribution in [0.1, 0.15) is 19.8 Å². The monoisotopic (exact) mass is 172 g/mol. The number of nitroso groups, excluding NO2 is 1. The molecule has 1 saturated heterocycles. The van der Waals surface area contributed by atoms with Gasteiger partial charge in [0, 0.05) is 6.54 Å². The average Bonchev–Trinajstić information content (AvgIpc) is 2.46. The zero-order chi connectivity index (χ0) is 9.19. The van der Waals surface area contributed by atoms with Crippen molar-refractivity contribution in [1.29, 1.82) is 0 Å². The van der Waals surface area contributed by atoms with E-state index in [0.29, 0.717) is 13.0 Å². The zero-order valence-electron chi connectivity index (χ0n) is 7.24. The van der Waals surface area contributed by atoms with Crippen molar-refractivity contribution in [3.8, 4) is 0 Å². The van der Waals surface area contributed by atoms with Crippen LogP contribution >= 0.6 is 0 Å². The van der Waals surface area contributed by atoms with Gasteiger partial charge >= 0.3 is 5.97 Å². The van der Waals surface area contributed by atoms with Gasteiger partial charge in [0.05, 0.1) is 12.4 Å². The number of nitrogens with zero attached hydrogens (tertiary/aromatic N) is 2. The van der Waals surface area contributed by atoms with Gasteiger partial charge in [-0.05, 0) is 19.8 Å². The van der Waals surface area contributed by atoms with Gasteiger partial charge < -0.3 is 4.74 Å². The molecule has 1 rings (SSSR count). The van der Waals surface area contributed by atoms with E-state index in [1.807, 2.05) is 0 Å². The molecule has 1 fully saturated rings. The van der Waals surface area contributed by atoms with E-state index in [1.165, 1.54) is 12.1 Å². The third-order valence-electron chi connectivity index (χ3n) is 2.33. The molecular formula is C7H12N2O3. The van der Waals surface area contributed by atoms with Crippen molar-refractivity contribution in [1.82, 2.24) is 5.01 Å². The quantitative estimate of drug-likeness (QED) is 0.454. The molecule has 0 aromatic heterocycles. The Balaban J connectivity index is 2.80. The molecule has 0 aliphatic carbocycles. The van der Waals surface area contributed by atoms with Crippen molar-refractivity contribution in [2.75, 3.05) is 13.7 Å². The number of methoxy groups -OCH3 is 1. The highest BCUT2D eigenvalue weighted by atomic mass is 16.5. The summed E-state index contributed by atoms with van der Waals surface area (Å²) in [4.78, 5) is 21.6. The van der Waals surface area contributed by atoms with Crippen LogP contribution in [0.4, 0.5) is 0 Å². The van der Waals surface area contributed by atoms with Crippen LogP contribution in [-0.4, -0.2) is 30.2 Å². The summed E-state index contributed by atoms with van der Waals surface area (Å²) in [5.41, 5.74) is -0.837. The molecule has 0 spiro atoms. The SMILES string of the molecule is COC(=O)[C@]1(C)CCCN1N=O. The Hall–Kier alpha value is -1.13.